The highest BCUT2D eigenvalue weighted by molar-refractivity contribution is 5.95. The number of allylic oxidation sites excluding steroid dienone is 4. The largest absolute Gasteiger partial charge is 0.327 e. The van der Waals surface area contributed by atoms with Gasteiger partial charge in [0, 0.05) is 61.6 Å². The second-order valence-electron chi connectivity index (χ2n) is 9.11. The molecule has 2 heterocycles. The maximum atomic E-state index is 14.3. The summed E-state index contributed by atoms with van der Waals surface area (Å²) in [7, 11) is 0. The Morgan fingerprint density at radius 2 is 1.89 bits per heavy atom. The molecule has 3 fully saturated rings. The molecule has 4 nitrogen and oxygen atoms in total. The number of likely N-dealkylation sites (tertiary alicyclic amines) is 1. The SMILES string of the molecule is NC1CC(N2CC3C=NC(C4CC4)=NC3C2)CC[C@@H]1C1CC(F)=C(F)C=C1F. The highest BCUT2D eigenvalue weighted by Gasteiger charge is 2.43. The van der Waals surface area contributed by atoms with E-state index in [1.165, 1.54) is 12.8 Å². The number of aliphatic imine (C=N–C) groups is 2. The number of rotatable bonds is 3. The van der Waals surface area contributed by atoms with E-state index in [0.717, 1.165) is 38.2 Å². The van der Waals surface area contributed by atoms with E-state index in [1.807, 2.05) is 0 Å². The lowest BCUT2D eigenvalue weighted by Crippen LogP contribution is -2.48. The molecule has 0 bridgehead atoms. The summed E-state index contributed by atoms with van der Waals surface area (Å²) in [6.07, 6.45) is 7.40. The summed E-state index contributed by atoms with van der Waals surface area (Å²) in [6, 6.07) is 0.430. The molecule has 5 aliphatic rings. The smallest absolute Gasteiger partial charge is 0.157 e. The predicted molar refractivity (Wildman–Crippen MR) is 103 cm³/mol. The topological polar surface area (TPSA) is 54.0 Å². The molecule has 0 aromatic carbocycles. The predicted octanol–water partition coefficient (Wildman–Crippen LogP) is 3.70. The van der Waals surface area contributed by atoms with Crippen LogP contribution in [0.15, 0.2) is 33.5 Å². The number of hydrogen-bond acceptors (Lipinski definition) is 4. The van der Waals surface area contributed by atoms with Crippen LogP contribution in [-0.2, 0) is 0 Å². The first-order valence-electron chi connectivity index (χ1n) is 10.5. The fourth-order valence-corrected chi connectivity index (χ4v) is 5.44. The summed E-state index contributed by atoms with van der Waals surface area (Å²) < 4.78 is 41.2. The maximum Gasteiger partial charge on any atom is 0.157 e. The summed E-state index contributed by atoms with van der Waals surface area (Å²) in [5.41, 5.74) is 6.42. The number of amidine groups is 1. The van der Waals surface area contributed by atoms with Crippen LogP contribution in [0.1, 0.15) is 38.5 Å². The van der Waals surface area contributed by atoms with Crippen molar-refractivity contribution in [2.75, 3.05) is 13.1 Å². The van der Waals surface area contributed by atoms with Crippen molar-refractivity contribution in [2.45, 2.75) is 56.7 Å². The molecule has 0 aromatic heterocycles. The number of halogens is 3. The molecular weight excluding hydrogens is 365 g/mol. The highest BCUT2D eigenvalue weighted by Crippen LogP contribution is 2.43. The van der Waals surface area contributed by atoms with E-state index >= 15 is 0 Å². The first kappa shape index (κ1) is 18.6. The van der Waals surface area contributed by atoms with Gasteiger partial charge in [-0.05, 0) is 38.0 Å². The lowest BCUT2D eigenvalue weighted by Gasteiger charge is -2.41. The first-order chi connectivity index (χ1) is 13.5. The van der Waals surface area contributed by atoms with Crippen LogP contribution in [0.25, 0.3) is 0 Å². The van der Waals surface area contributed by atoms with Gasteiger partial charge in [0.15, 0.2) is 5.83 Å². The van der Waals surface area contributed by atoms with Gasteiger partial charge in [-0.15, -0.1) is 0 Å². The Labute approximate surface area is 163 Å². The third-order valence-electron chi connectivity index (χ3n) is 7.24. The fraction of sp³-hybridized carbons (Fsp3) is 0.714. The molecule has 2 N–H and O–H groups in total. The maximum absolute atomic E-state index is 14.3. The van der Waals surface area contributed by atoms with Gasteiger partial charge < -0.3 is 5.73 Å². The Morgan fingerprint density at radius 1 is 1.07 bits per heavy atom. The lowest BCUT2D eigenvalue weighted by molar-refractivity contribution is 0.116. The minimum absolute atomic E-state index is 0.141. The molecule has 152 valence electrons. The zero-order valence-electron chi connectivity index (χ0n) is 15.9. The average Bonchev–Trinajstić information content (AvgIpc) is 3.43. The first-order valence-corrected chi connectivity index (χ1v) is 10.5. The molecule has 2 aliphatic heterocycles. The molecule has 1 saturated heterocycles. The van der Waals surface area contributed by atoms with E-state index in [0.29, 0.717) is 30.0 Å². The van der Waals surface area contributed by atoms with E-state index in [-0.39, 0.29) is 18.4 Å². The summed E-state index contributed by atoms with van der Waals surface area (Å²) in [6.45, 7) is 1.87. The normalized spacial score (nSPS) is 41.7. The Balaban J connectivity index is 1.21. The van der Waals surface area contributed by atoms with Gasteiger partial charge in [0.2, 0.25) is 0 Å². The van der Waals surface area contributed by atoms with Crippen molar-refractivity contribution in [1.82, 2.24) is 4.90 Å². The third kappa shape index (κ3) is 3.36. The molecule has 6 atom stereocenters. The van der Waals surface area contributed by atoms with Crippen LogP contribution in [0.3, 0.4) is 0 Å². The van der Waals surface area contributed by atoms with Crippen LogP contribution >= 0.6 is 0 Å². The molecule has 7 heteroatoms. The van der Waals surface area contributed by atoms with E-state index in [4.69, 9.17) is 10.7 Å². The molecular formula is C21H27F3N4. The second-order valence-corrected chi connectivity index (χ2v) is 9.11. The van der Waals surface area contributed by atoms with Crippen LogP contribution in [0, 0.1) is 23.7 Å². The number of hydrogen-bond donors (Lipinski definition) is 1. The van der Waals surface area contributed by atoms with Gasteiger partial charge in [-0.1, -0.05) is 0 Å². The third-order valence-corrected chi connectivity index (χ3v) is 7.24. The fourth-order valence-electron chi connectivity index (χ4n) is 5.44. The van der Waals surface area contributed by atoms with Crippen LogP contribution in [-0.4, -0.2) is 48.2 Å². The molecule has 5 rings (SSSR count). The minimum atomic E-state index is -1.08. The summed E-state index contributed by atoms with van der Waals surface area (Å²) >= 11 is 0. The van der Waals surface area contributed by atoms with E-state index in [2.05, 4.69) is 16.1 Å². The van der Waals surface area contributed by atoms with Crippen LogP contribution in [0.4, 0.5) is 13.2 Å². The van der Waals surface area contributed by atoms with Gasteiger partial charge in [0.25, 0.3) is 0 Å². The number of nitrogens with two attached hydrogens (primary N) is 1. The average molecular weight is 392 g/mol. The molecule has 0 radical (unpaired) electrons. The molecule has 5 unspecified atom stereocenters. The standard InChI is InChI=1S/C21H27F3N4/c22-16-7-18(24)17(23)6-15(16)14-4-3-13(5-19(14)25)28-9-12-8-26-21(11-1-2-11)27-20(12)10-28/h7-8,11-15,19-20H,1-6,9-10,25H2/t12?,13?,14-,15?,19?,20?/m1/s1. The quantitative estimate of drug-likeness (QED) is 0.796. The van der Waals surface area contributed by atoms with Crippen molar-refractivity contribution >= 4 is 12.1 Å². The van der Waals surface area contributed by atoms with Crippen LogP contribution in [0.2, 0.25) is 0 Å². The molecule has 0 spiro atoms. The van der Waals surface area contributed by atoms with Crippen molar-refractivity contribution in [3.05, 3.63) is 23.6 Å². The van der Waals surface area contributed by atoms with Gasteiger partial charge in [0.05, 0.1) is 6.04 Å². The Bertz CT molecular complexity index is 770. The second kappa shape index (κ2) is 7.10. The van der Waals surface area contributed by atoms with Crippen LogP contribution < -0.4 is 5.73 Å². The van der Waals surface area contributed by atoms with E-state index in [9.17, 15) is 13.2 Å². The van der Waals surface area contributed by atoms with Crippen LogP contribution in [0.5, 0.6) is 0 Å². The summed E-state index contributed by atoms with van der Waals surface area (Å²) in [5, 5.41) is 0. The zero-order valence-corrected chi connectivity index (χ0v) is 15.9. The van der Waals surface area contributed by atoms with Crippen molar-refractivity contribution in [1.29, 1.82) is 0 Å². The number of nitrogens with zero attached hydrogens (tertiary/aromatic N) is 3. The molecule has 0 aromatic rings. The highest BCUT2D eigenvalue weighted by atomic mass is 19.2. The monoisotopic (exact) mass is 392 g/mol. The van der Waals surface area contributed by atoms with Gasteiger partial charge in [0.1, 0.15) is 17.5 Å². The summed E-state index contributed by atoms with van der Waals surface area (Å²) in [4.78, 5) is 11.9. The Hall–Kier alpha value is -1.47. The summed E-state index contributed by atoms with van der Waals surface area (Å²) in [5.74, 6) is -1.29. The molecule has 0 amide bonds. The van der Waals surface area contributed by atoms with Gasteiger partial charge in [-0.2, -0.15) is 0 Å². The van der Waals surface area contributed by atoms with Gasteiger partial charge in [-0.25, -0.2) is 18.2 Å². The van der Waals surface area contributed by atoms with E-state index < -0.39 is 23.4 Å². The van der Waals surface area contributed by atoms with Crippen molar-refractivity contribution < 1.29 is 13.2 Å². The lowest BCUT2D eigenvalue weighted by atomic mass is 9.72. The van der Waals surface area contributed by atoms with Gasteiger partial charge in [-0.3, -0.25) is 9.89 Å². The van der Waals surface area contributed by atoms with E-state index in [1.54, 1.807) is 0 Å². The van der Waals surface area contributed by atoms with Crippen molar-refractivity contribution in [3.63, 3.8) is 0 Å². The Morgan fingerprint density at radius 3 is 2.64 bits per heavy atom. The van der Waals surface area contributed by atoms with Gasteiger partial charge >= 0.3 is 0 Å². The molecule has 28 heavy (non-hydrogen) atoms. The minimum Gasteiger partial charge on any atom is -0.327 e. The van der Waals surface area contributed by atoms with Crippen molar-refractivity contribution in [3.8, 4) is 0 Å². The molecule has 3 aliphatic carbocycles. The van der Waals surface area contributed by atoms with Crippen molar-refractivity contribution in [2.24, 2.45) is 39.4 Å². The zero-order chi connectivity index (χ0) is 19.4. The Kier molecular flexibility index (Phi) is 4.70. The number of fused-ring (bicyclic) bond motifs is 1. The molecule has 2 saturated carbocycles.